The molecule has 6 nitrogen and oxygen atoms in total. The number of carbonyl (C=O) groups is 1. The second-order valence-corrected chi connectivity index (χ2v) is 9.58. The fourth-order valence-corrected chi connectivity index (χ4v) is 4.65. The van der Waals surface area contributed by atoms with Gasteiger partial charge in [-0.05, 0) is 42.7 Å². The first kappa shape index (κ1) is 21.5. The fourth-order valence-electron chi connectivity index (χ4n) is 3.89. The highest BCUT2D eigenvalue weighted by molar-refractivity contribution is 7.92. The van der Waals surface area contributed by atoms with Gasteiger partial charge in [-0.3, -0.25) is 9.52 Å². The number of rotatable bonds is 6. The van der Waals surface area contributed by atoms with E-state index in [1.165, 1.54) is 7.11 Å². The fraction of sp³-hybridized carbons (Fsp3) is 0.381. The molecule has 0 spiro atoms. The second-order valence-electron chi connectivity index (χ2n) is 7.40. The summed E-state index contributed by atoms with van der Waals surface area (Å²) in [5.74, 6) is 0.235. The molecule has 1 fully saturated rings. The topological polar surface area (TPSA) is 84.5 Å². The van der Waals surface area contributed by atoms with Crippen LogP contribution in [-0.4, -0.2) is 27.7 Å². The van der Waals surface area contributed by atoms with E-state index < -0.39 is 15.4 Å². The van der Waals surface area contributed by atoms with Crippen LogP contribution in [0.25, 0.3) is 0 Å². The molecule has 1 amide bonds. The van der Waals surface area contributed by atoms with Gasteiger partial charge in [-0.25, -0.2) is 8.42 Å². The summed E-state index contributed by atoms with van der Waals surface area (Å²) in [7, 11) is -2.00. The van der Waals surface area contributed by atoms with Crippen molar-refractivity contribution >= 4 is 38.9 Å². The number of hydrogen-bond acceptors (Lipinski definition) is 4. The van der Waals surface area contributed by atoms with Gasteiger partial charge in [0, 0.05) is 16.8 Å². The molecule has 0 unspecified atom stereocenters. The maximum atomic E-state index is 13.4. The molecule has 29 heavy (non-hydrogen) atoms. The van der Waals surface area contributed by atoms with Crippen LogP contribution in [-0.2, 0) is 20.2 Å². The summed E-state index contributed by atoms with van der Waals surface area (Å²) in [4.78, 5) is 13.4. The van der Waals surface area contributed by atoms with E-state index in [0.29, 0.717) is 22.1 Å². The Labute approximate surface area is 176 Å². The average Bonchev–Trinajstić information content (AvgIpc) is 2.68. The van der Waals surface area contributed by atoms with Gasteiger partial charge in [0.25, 0.3) is 0 Å². The quantitative estimate of drug-likeness (QED) is 0.695. The monoisotopic (exact) mass is 436 g/mol. The number of sulfonamides is 1. The Balaban J connectivity index is 1.90. The van der Waals surface area contributed by atoms with E-state index in [9.17, 15) is 13.2 Å². The molecule has 1 aliphatic rings. The Kier molecular flexibility index (Phi) is 6.39. The largest absolute Gasteiger partial charge is 0.494 e. The van der Waals surface area contributed by atoms with Gasteiger partial charge in [0.1, 0.15) is 5.75 Å². The van der Waals surface area contributed by atoms with Crippen LogP contribution < -0.4 is 14.8 Å². The maximum Gasteiger partial charge on any atom is 0.235 e. The van der Waals surface area contributed by atoms with E-state index in [-0.39, 0.29) is 5.91 Å². The zero-order chi connectivity index (χ0) is 21.1. The maximum absolute atomic E-state index is 13.4. The Morgan fingerprint density at radius 1 is 1.10 bits per heavy atom. The van der Waals surface area contributed by atoms with Crippen LogP contribution in [0.2, 0.25) is 5.02 Å². The Hall–Kier alpha value is -2.25. The van der Waals surface area contributed by atoms with Crippen LogP contribution in [0.4, 0.5) is 11.4 Å². The predicted octanol–water partition coefficient (Wildman–Crippen LogP) is 4.56. The van der Waals surface area contributed by atoms with E-state index in [1.54, 1.807) is 24.3 Å². The van der Waals surface area contributed by atoms with Crippen LogP contribution in [0.3, 0.4) is 0 Å². The lowest BCUT2D eigenvalue weighted by Gasteiger charge is -2.36. The van der Waals surface area contributed by atoms with Crippen LogP contribution >= 0.6 is 11.6 Å². The first-order valence-corrected chi connectivity index (χ1v) is 11.7. The van der Waals surface area contributed by atoms with Crippen molar-refractivity contribution in [3.63, 3.8) is 0 Å². The van der Waals surface area contributed by atoms with Crippen molar-refractivity contribution in [3.8, 4) is 5.75 Å². The number of amides is 1. The third-order valence-electron chi connectivity index (χ3n) is 5.27. The zero-order valence-electron chi connectivity index (χ0n) is 16.5. The number of benzene rings is 2. The van der Waals surface area contributed by atoms with Crippen molar-refractivity contribution in [2.45, 2.75) is 37.5 Å². The minimum atomic E-state index is -3.44. The third kappa shape index (κ3) is 5.03. The number of nitrogens with one attached hydrogen (secondary N) is 2. The molecule has 0 aromatic heterocycles. The van der Waals surface area contributed by atoms with Crippen molar-refractivity contribution in [3.05, 3.63) is 53.1 Å². The highest BCUT2D eigenvalue weighted by Gasteiger charge is 2.41. The number of carbonyl (C=O) groups excluding carboxylic acids is 1. The summed E-state index contributed by atoms with van der Waals surface area (Å²) >= 11 is 6.20. The molecule has 0 radical (unpaired) electrons. The first-order valence-electron chi connectivity index (χ1n) is 9.47. The number of methoxy groups -OCH3 is 1. The van der Waals surface area contributed by atoms with Crippen molar-refractivity contribution in [1.82, 2.24) is 0 Å². The summed E-state index contributed by atoms with van der Waals surface area (Å²) in [5, 5.41) is 3.61. The van der Waals surface area contributed by atoms with Gasteiger partial charge in [0.05, 0.1) is 24.5 Å². The minimum Gasteiger partial charge on any atom is -0.494 e. The molecule has 2 N–H and O–H groups in total. The first-order chi connectivity index (χ1) is 13.7. The van der Waals surface area contributed by atoms with Crippen LogP contribution in [0.15, 0.2) is 42.5 Å². The predicted molar refractivity (Wildman–Crippen MR) is 116 cm³/mol. The molecular formula is C21H25ClN2O4S. The molecule has 2 aromatic carbocycles. The van der Waals surface area contributed by atoms with Gasteiger partial charge in [0.15, 0.2) is 0 Å². The summed E-state index contributed by atoms with van der Waals surface area (Å²) in [6, 6.07) is 12.3. The van der Waals surface area contributed by atoms with E-state index in [0.717, 1.165) is 43.9 Å². The normalized spacial score (nSPS) is 16.1. The number of halogens is 1. The summed E-state index contributed by atoms with van der Waals surface area (Å²) in [6.07, 6.45) is 5.63. The highest BCUT2D eigenvalue weighted by atomic mass is 35.5. The number of ether oxygens (including phenoxy) is 1. The van der Waals surface area contributed by atoms with Crippen molar-refractivity contribution in [2.24, 2.45) is 0 Å². The molecule has 156 valence electrons. The molecule has 0 heterocycles. The Morgan fingerprint density at radius 2 is 1.83 bits per heavy atom. The van der Waals surface area contributed by atoms with Gasteiger partial charge in [0.2, 0.25) is 15.9 Å². The lowest BCUT2D eigenvalue weighted by molar-refractivity contribution is -0.122. The molecule has 0 atom stereocenters. The molecule has 0 bridgehead atoms. The minimum absolute atomic E-state index is 0.0923. The molecule has 8 heteroatoms. The highest BCUT2D eigenvalue weighted by Crippen LogP contribution is 2.41. The average molecular weight is 437 g/mol. The summed E-state index contributed by atoms with van der Waals surface area (Å²) in [5.41, 5.74) is 1.14. The molecular weight excluding hydrogens is 412 g/mol. The van der Waals surface area contributed by atoms with Gasteiger partial charge < -0.3 is 10.1 Å². The lowest BCUT2D eigenvalue weighted by Crippen LogP contribution is -2.42. The third-order valence-corrected chi connectivity index (χ3v) is 6.10. The summed E-state index contributed by atoms with van der Waals surface area (Å²) in [6.45, 7) is 0. The number of hydrogen-bond donors (Lipinski definition) is 2. The number of anilines is 2. The molecule has 1 aliphatic carbocycles. The summed E-state index contributed by atoms with van der Waals surface area (Å²) < 4.78 is 30.7. The van der Waals surface area contributed by atoms with E-state index in [4.69, 9.17) is 16.3 Å². The molecule has 2 aromatic rings. The van der Waals surface area contributed by atoms with Crippen LogP contribution in [0.1, 0.15) is 37.7 Å². The van der Waals surface area contributed by atoms with E-state index in [2.05, 4.69) is 10.0 Å². The van der Waals surface area contributed by atoms with Crippen molar-refractivity contribution in [2.75, 3.05) is 23.4 Å². The van der Waals surface area contributed by atoms with Gasteiger partial charge in [-0.15, -0.1) is 0 Å². The van der Waals surface area contributed by atoms with Crippen molar-refractivity contribution in [1.29, 1.82) is 0 Å². The van der Waals surface area contributed by atoms with Crippen LogP contribution in [0.5, 0.6) is 5.75 Å². The molecule has 1 saturated carbocycles. The van der Waals surface area contributed by atoms with Gasteiger partial charge in [-0.1, -0.05) is 43.0 Å². The standard InChI is InChI=1S/C21H25ClN2O4S/c1-28-19-14-17(9-10-18(19)24-29(2,26)27)23-20(25)21(11-4-3-5-12-21)15-7-6-8-16(22)13-15/h6-10,13-14,24H,3-5,11-12H2,1-2H3,(H,23,25). The Bertz CT molecular complexity index is 1000. The van der Waals surface area contributed by atoms with E-state index >= 15 is 0 Å². The lowest BCUT2D eigenvalue weighted by atomic mass is 9.68. The molecule has 3 rings (SSSR count). The van der Waals surface area contributed by atoms with Crippen molar-refractivity contribution < 1.29 is 17.9 Å². The van der Waals surface area contributed by atoms with Gasteiger partial charge in [-0.2, -0.15) is 0 Å². The SMILES string of the molecule is COc1cc(NC(=O)C2(c3cccc(Cl)c3)CCCCC2)ccc1NS(C)(=O)=O. The van der Waals surface area contributed by atoms with Gasteiger partial charge >= 0.3 is 0 Å². The Morgan fingerprint density at radius 3 is 2.45 bits per heavy atom. The zero-order valence-corrected chi connectivity index (χ0v) is 18.1. The smallest absolute Gasteiger partial charge is 0.235 e. The molecule has 0 aliphatic heterocycles. The molecule has 0 saturated heterocycles. The second kappa shape index (κ2) is 8.63. The van der Waals surface area contributed by atoms with Crippen LogP contribution in [0, 0.1) is 0 Å². The van der Waals surface area contributed by atoms with E-state index in [1.807, 2.05) is 18.2 Å².